The summed E-state index contributed by atoms with van der Waals surface area (Å²) in [5, 5.41) is 12.6. The number of anilines is 1. The lowest BCUT2D eigenvalue weighted by molar-refractivity contribution is -0.384. The van der Waals surface area contributed by atoms with Gasteiger partial charge in [-0.1, -0.05) is 0 Å². The van der Waals surface area contributed by atoms with Crippen molar-refractivity contribution in [1.29, 1.82) is 0 Å². The van der Waals surface area contributed by atoms with Gasteiger partial charge >= 0.3 is 0 Å². The van der Waals surface area contributed by atoms with Crippen LogP contribution in [-0.4, -0.2) is 16.4 Å². The number of benzene rings is 1. The summed E-state index contributed by atoms with van der Waals surface area (Å²) in [4.78, 5) is 21.3. The van der Waals surface area contributed by atoms with E-state index in [1.807, 2.05) is 5.32 Å². The molecule has 1 fully saturated rings. The Morgan fingerprint density at radius 3 is 2.56 bits per heavy atom. The average molecular weight is 257 g/mol. The Hall–Kier alpha value is -2.09. The van der Waals surface area contributed by atoms with Gasteiger partial charge in [-0.2, -0.15) is 0 Å². The fourth-order valence-corrected chi connectivity index (χ4v) is 1.41. The zero-order valence-corrected chi connectivity index (χ0v) is 9.07. The molecule has 1 aliphatic carbocycles. The molecule has 18 heavy (non-hydrogen) atoms. The van der Waals surface area contributed by atoms with Gasteiger partial charge in [-0.3, -0.25) is 14.9 Å². The maximum Gasteiger partial charge on any atom is 0.296 e. The summed E-state index contributed by atoms with van der Waals surface area (Å²) in [7, 11) is 0. The van der Waals surface area contributed by atoms with E-state index < -0.39 is 39.4 Å². The predicted molar refractivity (Wildman–Crippen MR) is 57.8 cm³/mol. The van der Waals surface area contributed by atoms with Gasteiger partial charge in [-0.15, -0.1) is 0 Å². The number of nitro groups is 1. The van der Waals surface area contributed by atoms with Crippen LogP contribution >= 0.6 is 0 Å². The van der Waals surface area contributed by atoms with Crippen molar-refractivity contribution >= 4 is 17.3 Å². The second-order valence-corrected chi connectivity index (χ2v) is 4.12. The molecule has 3 N–H and O–H groups in total. The lowest BCUT2D eigenvalue weighted by Crippen LogP contribution is -2.38. The number of nitrogens with zero attached hydrogens (tertiary/aromatic N) is 1. The van der Waals surface area contributed by atoms with E-state index in [4.69, 9.17) is 5.73 Å². The van der Waals surface area contributed by atoms with Crippen LogP contribution in [0.15, 0.2) is 12.1 Å². The molecule has 1 aliphatic rings. The first-order valence-electron chi connectivity index (χ1n) is 5.08. The molecule has 0 atom stereocenters. The Kier molecular flexibility index (Phi) is 2.74. The van der Waals surface area contributed by atoms with E-state index in [1.165, 1.54) is 0 Å². The molecule has 0 heterocycles. The van der Waals surface area contributed by atoms with E-state index in [0.717, 1.165) is 6.07 Å². The third kappa shape index (κ3) is 2.02. The number of hydrogen-bond donors (Lipinski definition) is 2. The molecule has 0 bridgehead atoms. The molecule has 0 saturated heterocycles. The van der Waals surface area contributed by atoms with Crippen LogP contribution in [0, 0.1) is 21.7 Å². The van der Waals surface area contributed by atoms with Crippen LogP contribution in [0.2, 0.25) is 0 Å². The minimum atomic E-state index is -1.47. The molecule has 6 nitrogen and oxygen atoms in total. The van der Waals surface area contributed by atoms with Gasteiger partial charge in [0, 0.05) is 6.07 Å². The molecule has 1 aromatic carbocycles. The van der Waals surface area contributed by atoms with E-state index in [-0.39, 0.29) is 0 Å². The third-order valence-electron chi connectivity index (χ3n) is 2.75. The molecule has 0 aromatic heterocycles. The van der Waals surface area contributed by atoms with Crippen molar-refractivity contribution in [3.05, 3.63) is 33.9 Å². The highest BCUT2D eigenvalue weighted by atomic mass is 19.2. The van der Waals surface area contributed by atoms with Crippen LogP contribution in [0.1, 0.15) is 12.8 Å². The van der Waals surface area contributed by atoms with Gasteiger partial charge in [0.25, 0.3) is 5.69 Å². The molecule has 0 spiro atoms. The Bertz CT molecular complexity index is 543. The van der Waals surface area contributed by atoms with Crippen LogP contribution in [0.5, 0.6) is 0 Å². The Morgan fingerprint density at radius 2 is 2.06 bits per heavy atom. The van der Waals surface area contributed by atoms with Crippen molar-refractivity contribution in [2.45, 2.75) is 18.4 Å². The molecule has 1 amide bonds. The highest BCUT2D eigenvalue weighted by Crippen LogP contribution is 2.35. The highest BCUT2D eigenvalue weighted by molar-refractivity contribution is 6.01. The Balaban J connectivity index is 2.38. The van der Waals surface area contributed by atoms with Crippen LogP contribution < -0.4 is 11.1 Å². The average Bonchev–Trinajstić information content (AvgIpc) is 3.04. The Labute approximate surface area is 99.9 Å². The first-order chi connectivity index (χ1) is 8.35. The fraction of sp³-hybridized carbons (Fsp3) is 0.300. The SMILES string of the molecule is NC1(C(=O)Nc2c([N+](=O)[O-])ccc(F)c2F)CC1. The molecule has 0 unspecified atom stereocenters. The number of amides is 1. The minimum Gasteiger partial charge on any atom is -0.317 e. The standard InChI is InChI=1S/C10H9F2N3O3/c11-5-1-2-6(15(17)18)8(7(5)12)14-9(16)10(13)3-4-10/h1-2H,3-4,13H2,(H,14,16). The minimum absolute atomic E-state index is 0.406. The number of rotatable bonds is 3. The summed E-state index contributed by atoms with van der Waals surface area (Å²) < 4.78 is 26.5. The van der Waals surface area contributed by atoms with Gasteiger partial charge in [0.2, 0.25) is 5.91 Å². The summed E-state index contributed by atoms with van der Waals surface area (Å²) in [6, 6.07) is 1.41. The first-order valence-corrected chi connectivity index (χ1v) is 5.08. The van der Waals surface area contributed by atoms with Crippen LogP contribution in [0.3, 0.4) is 0 Å². The second kappa shape index (κ2) is 3.98. The number of nitrogens with two attached hydrogens (primary N) is 1. The van der Waals surface area contributed by atoms with E-state index in [1.54, 1.807) is 0 Å². The highest BCUT2D eigenvalue weighted by Gasteiger charge is 2.46. The fourth-order valence-electron chi connectivity index (χ4n) is 1.41. The summed E-state index contributed by atoms with van der Waals surface area (Å²) in [6.45, 7) is 0. The zero-order chi connectivity index (χ0) is 13.5. The molecule has 96 valence electrons. The number of nitrogens with one attached hydrogen (secondary N) is 1. The van der Waals surface area contributed by atoms with Crippen molar-refractivity contribution in [3.63, 3.8) is 0 Å². The lowest BCUT2D eigenvalue weighted by atomic mass is 10.2. The van der Waals surface area contributed by atoms with Gasteiger partial charge < -0.3 is 11.1 Å². The largest absolute Gasteiger partial charge is 0.317 e. The van der Waals surface area contributed by atoms with Gasteiger partial charge in [0.15, 0.2) is 17.3 Å². The molecule has 1 saturated carbocycles. The van der Waals surface area contributed by atoms with Crippen LogP contribution in [-0.2, 0) is 4.79 Å². The maximum absolute atomic E-state index is 13.5. The summed E-state index contributed by atoms with van der Waals surface area (Å²) in [6.07, 6.45) is 0.813. The van der Waals surface area contributed by atoms with Gasteiger partial charge in [-0.25, -0.2) is 8.78 Å². The number of halogens is 2. The molecule has 2 rings (SSSR count). The molecular weight excluding hydrogens is 248 g/mol. The third-order valence-corrected chi connectivity index (χ3v) is 2.75. The van der Waals surface area contributed by atoms with Crippen molar-refractivity contribution in [1.82, 2.24) is 0 Å². The van der Waals surface area contributed by atoms with E-state index in [0.29, 0.717) is 18.9 Å². The number of carbonyl (C=O) groups is 1. The second-order valence-electron chi connectivity index (χ2n) is 4.12. The molecule has 0 radical (unpaired) electrons. The van der Waals surface area contributed by atoms with Crippen molar-refractivity contribution < 1.29 is 18.5 Å². The molecule has 8 heteroatoms. The maximum atomic E-state index is 13.5. The van der Waals surface area contributed by atoms with Gasteiger partial charge in [-0.05, 0) is 18.9 Å². The van der Waals surface area contributed by atoms with Crippen LogP contribution in [0.4, 0.5) is 20.2 Å². The number of hydrogen-bond acceptors (Lipinski definition) is 4. The molecule has 0 aliphatic heterocycles. The smallest absolute Gasteiger partial charge is 0.296 e. The summed E-state index contributed by atoms with van der Waals surface area (Å²) in [5.41, 5.74) is 2.92. The topological polar surface area (TPSA) is 98.3 Å². The van der Waals surface area contributed by atoms with Crippen molar-refractivity contribution in [2.75, 3.05) is 5.32 Å². The Morgan fingerprint density at radius 1 is 1.44 bits per heavy atom. The van der Waals surface area contributed by atoms with E-state index in [2.05, 4.69) is 0 Å². The first kappa shape index (κ1) is 12.4. The quantitative estimate of drug-likeness (QED) is 0.629. The zero-order valence-electron chi connectivity index (χ0n) is 9.07. The summed E-state index contributed by atoms with van der Waals surface area (Å²) >= 11 is 0. The van der Waals surface area contributed by atoms with Crippen molar-refractivity contribution in [3.8, 4) is 0 Å². The summed E-state index contributed by atoms with van der Waals surface area (Å²) in [5.74, 6) is -3.50. The van der Waals surface area contributed by atoms with Gasteiger partial charge in [0.1, 0.15) is 0 Å². The normalized spacial score (nSPS) is 16.2. The predicted octanol–water partition coefficient (Wildman–Crippen LogP) is 1.30. The van der Waals surface area contributed by atoms with Crippen LogP contribution in [0.25, 0.3) is 0 Å². The lowest BCUT2D eigenvalue weighted by Gasteiger charge is -2.11. The van der Waals surface area contributed by atoms with E-state index >= 15 is 0 Å². The van der Waals surface area contributed by atoms with Crippen molar-refractivity contribution in [2.24, 2.45) is 5.73 Å². The number of carbonyl (C=O) groups excluding carboxylic acids is 1. The van der Waals surface area contributed by atoms with Gasteiger partial charge in [0.05, 0.1) is 10.5 Å². The molecular formula is C10H9F2N3O3. The molecule has 1 aromatic rings. The van der Waals surface area contributed by atoms with E-state index in [9.17, 15) is 23.7 Å². The number of nitro benzene ring substituents is 1. The monoisotopic (exact) mass is 257 g/mol.